The van der Waals surface area contributed by atoms with Crippen LogP contribution in [-0.2, 0) is 9.59 Å². The first kappa shape index (κ1) is 19.0. The van der Waals surface area contributed by atoms with Gasteiger partial charge in [0.1, 0.15) is 11.2 Å². The van der Waals surface area contributed by atoms with Gasteiger partial charge in [-0.25, -0.2) is 0 Å². The Balaban J connectivity index is 2.80. The quantitative estimate of drug-likeness (QED) is 0.570. The maximum Gasteiger partial charge on any atom is 0.239 e. The fourth-order valence-corrected chi connectivity index (χ4v) is 1.91. The largest absolute Gasteiger partial charge is 0.489 e. The predicted molar refractivity (Wildman–Crippen MR) is 92.5 cm³/mol. The Morgan fingerprint density at radius 2 is 1.83 bits per heavy atom. The second-order valence-corrected chi connectivity index (χ2v) is 6.35. The maximum atomic E-state index is 12.5. The summed E-state index contributed by atoms with van der Waals surface area (Å²) in [5.41, 5.74) is -0.584. The van der Waals surface area contributed by atoms with E-state index in [4.69, 9.17) is 4.74 Å². The van der Waals surface area contributed by atoms with E-state index in [1.54, 1.807) is 26.0 Å². The third-order valence-electron chi connectivity index (χ3n) is 3.45. The van der Waals surface area contributed by atoms with E-state index >= 15 is 0 Å². The molecule has 0 bridgehead atoms. The van der Waals surface area contributed by atoms with Gasteiger partial charge in [0.05, 0.1) is 11.8 Å². The molecule has 0 fully saturated rings. The fraction of sp³-hybridized carbons (Fsp3) is 0.556. The van der Waals surface area contributed by atoms with E-state index in [1.807, 2.05) is 26.0 Å². The van der Waals surface area contributed by atoms with Gasteiger partial charge in [-0.15, -0.1) is 0 Å². The van der Waals surface area contributed by atoms with Crippen molar-refractivity contribution >= 4 is 17.5 Å². The molecule has 0 atom stereocenters. The molecule has 0 unspecified atom stereocenters. The highest BCUT2D eigenvalue weighted by Crippen LogP contribution is 2.27. The van der Waals surface area contributed by atoms with Crippen molar-refractivity contribution in [2.75, 3.05) is 11.9 Å². The molecule has 0 aliphatic carbocycles. The molecule has 1 rings (SSSR count). The molecular weight excluding hydrogens is 292 g/mol. The summed E-state index contributed by atoms with van der Waals surface area (Å²) in [6.45, 7) is 9.72. The maximum absolute atomic E-state index is 12.5. The van der Waals surface area contributed by atoms with E-state index in [-0.39, 0.29) is 17.9 Å². The number of para-hydroxylation sites is 2. The molecule has 1 aromatic carbocycles. The van der Waals surface area contributed by atoms with Gasteiger partial charge in [-0.1, -0.05) is 25.5 Å². The van der Waals surface area contributed by atoms with E-state index in [0.29, 0.717) is 18.0 Å². The van der Waals surface area contributed by atoms with Crippen molar-refractivity contribution in [3.05, 3.63) is 24.3 Å². The Morgan fingerprint density at radius 3 is 2.43 bits per heavy atom. The van der Waals surface area contributed by atoms with Crippen LogP contribution >= 0.6 is 0 Å². The van der Waals surface area contributed by atoms with Crippen molar-refractivity contribution in [2.45, 2.75) is 53.6 Å². The minimum absolute atomic E-state index is 0.00148. The molecule has 0 aromatic heterocycles. The first-order valence-corrected chi connectivity index (χ1v) is 8.14. The molecule has 2 amide bonds. The van der Waals surface area contributed by atoms with Crippen LogP contribution in [0.2, 0.25) is 0 Å². The molecule has 5 heteroatoms. The first-order valence-electron chi connectivity index (χ1n) is 8.14. The van der Waals surface area contributed by atoms with Crippen LogP contribution in [0.15, 0.2) is 24.3 Å². The summed E-state index contributed by atoms with van der Waals surface area (Å²) in [5, 5.41) is 5.61. The summed E-state index contributed by atoms with van der Waals surface area (Å²) in [6, 6.07) is 7.22. The van der Waals surface area contributed by atoms with Gasteiger partial charge in [0.15, 0.2) is 0 Å². The summed E-state index contributed by atoms with van der Waals surface area (Å²) in [5.74, 6) is -0.0324. The Bertz CT molecular complexity index is 539. The molecule has 128 valence electrons. The van der Waals surface area contributed by atoms with Crippen molar-refractivity contribution < 1.29 is 14.3 Å². The van der Waals surface area contributed by atoms with Crippen molar-refractivity contribution in [3.63, 3.8) is 0 Å². The summed E-state index contributed by atoms with van der Waals surface area (Å²) in [4.78, 5) is 24.7. The summed E-state index contributed by atoms with van der Waals surface area (Å²) in [6.07, 6.45) is 1.89. The van der Waals surface area contributed by atoms with Gasteiger partial charge in [0.25, 0.3) is 0 Å². The topological polar surface area (TPSA) is 67.4 Å². The second-order valence-electron chi connectivity index (χ2n) is 6.35. The number of benzene rings is 1. The minimum Gasteiger partial charge on any atom is -0.489 e. The smallest absolute Gasteiger partial charge is 0.239 e. The van der Waals surface area contributed by atoms with E-state index in [0.717, 1.165) is 12.8 Å². The van der Waals surface area contributed by atoms with Gasteiger partial charge in [0.2, 0.25) is 11.8 Å². The first-order chi connectivity index (χ1) is 10.8. The van der Waals surface area contributed by atoms with Gasteiger partial charge in [-0.3, -0.25) is 9.59 Å². The predicted octanol–water partition coefficient (Wildman–Crippen LogP) is 3.35. The van der Waals surface area contributed by atoms with Gasteiger partial charge in [-0.05, 0) is 46.2 Å². The van der Waals surface area contributed by atoms with Crippen LogP contribution in [0.3, 0.4) is 0 Å². The standard InChI is InChI=1S/C18H28N2O3/c1-6-7-12-19-16(21)18(4,5)17(22)20-14-10-8-9-11-15(14)23-13(2)3/h8-11,13H,6-7,12H2,1-5H3,(H,19,21)(H,20,22). The zero-order valence-corrected chi connectivity index (χ0v) is 14.7. The third-order valence-corrected chi connectivity index (χ3v) is 3.45. The van der Waals surface area contributed by atoms with E-state index in [2.05, 4.69) is 17.6 Å². The normalized spacial score (nSPS) is 11.2. The number of amides is 2. The number of unbranched alkanes of at least 4 members (excludes halogenated alkanes) is 1. The number of hydrogen-bond donors (Lipinski definition) is 2. The fourth-order valence-electron chi connectivity index (χ4n) is 1.91. The summed E-state index contributed by atoms with van der Waals surface area (Å²) >= 11 is 0. The molecule has 5 nitrogen and oxygen atoms in total. The van der Waals surface area contributed by atoms with Gasteiger partial charge >= 0.3 is 0 Å². The molecule has 1 aromatic rings. The number of carbonyl (C=O) groups is 2. The van der Waals surface area contributed by atoms with Gasteiger partial charge in [0, 0.05) is 6.54 Å². The lowest BCUT2D eigenvalue weighted by Crippen LogP contribution is -2.45. The lowest BCUT2D eigenvalue weighted by atomic mass is 9.91. The van der Waals surface area contributed by atoms with Crippen LogP contribution in [-0.4, -0.2) is 24.5 Å². The molecule has 0 heterocycles. The molecule has 0 aliphatic rings. The molecule has 0 saturated carbocycles. The van der Waals surface area contributed by atoms with Crippen LogP contribution < -0.4 is 15.4 Å². The molecular formula is C18H28N2O3. The van der Waals surface area contributed by atoms with Crippen LogP contribution in [0.1, 0.15) is 47.5 Å². The highest BCUT2D eigenvalue weighted by Gasteiger charge is 2.36. The lowest BCUT2D eigenvalue weighted by molar-refractivity contribution is -0.138. The molecule has 0 saturated heterocycles. The number of hydrogen-bond acceptors (Lipinski definition) is 3. The van der Waals surface area contributed by atoms with E-state index < -0.39 is 5.41 Å². The number of carbonyl (C=O) groups excluding carboxylic acids is 2. The zero-order valence-electron chi connectivity index (χ0n) is 14.7. The lowest BCUT2D eigenvalue weighted by Gasteiger charge is -2.23. The second kappa shape index (κ2) is 8.56. The molecule has 0 radical (unpaired) electrons. The number of rotatable bonds is 8. The van der Waals surface area contributed by atoms with Crippen LogP contribution in [0, 0.1) is 5.41 Å². The molecule has 0 aliphatic heterocycles. The average Bonchev–Trinajstić information content (AvgIpc) is 2.48. The molecule has 0 spiro atoms. The van der Waals surface area contributed by atoms with Crippen molar-refractivity contribution in [3.8, 4) is 5.75 Å². The van der Waals surface area contributed by atoms with Crippen molar-refractivity contribution in [2.24, 2.45) is 5.41 Å². The summed E-state index contributed by atoms with van der Waals surface area (Å²) in [7, 11) is 0. The Morgan fingerprint density at radius 1 is 1.17 bits per heavy atom. The van der Waals surface area contributed by atoms with Crippen LogP contribution in [0.25, 0.3) is 0 Å². The van der Waals surface area contributed by atoms with E-state index in [9.17, 15) is 9.59 Å². The Hall–Kier alpha value is -2.04. The zero-order chi connectivity index (χ0) is 17.5. The van der Waals surface area contributed by atoms with Gasteiger partial charge < -0.3 is 15.4 Å². The SMILES string of the molecule is CCCCNC(=O)C(C)(C)C(=O)Nc1ccccc1OC(C)C. The minimum atomic E-state index is -1.15. The number of nitrogens with one attached hydrogen (secondary N) is 2. The van der Waals surface area contributed by atoms with E-state index in [1.165, 1.54) is 0 Å². The third kappa shape index (κ3) is 5.58. The average molecular weight is 320 g/mol. The number of ether oxygens (including phenoxy) is 1. The highest BCUT2D eigenvalue weighted by atomic mass is 16.5. The van der Waals surface area contributed by atoms with Gasteiger partial charge in [-0.2, -0.15) is 0 Å². The van der Waals surface area contributed by atoms with Crippen molar-refractivity contribution in [1.29, 1.82) is 0 Å². The Labute approximate surface area is 138 Å². The Kier molecular flexibility index (Phi) is 7.07. The van der Waals surface area contributed by atoms with Crippen LogP contribution in [0.5, 0.6) is 5.75 Å². The van der Waals surface area contributed by atoms with Crippen LogP contribution in [0.4, 0.5) is 5.69 Å². The monoisotopic (exact) mass is 320 g/mol. The highest BCUT2D eigenvalue weighted by molar-refractivity contribution is 6.10. The molecule has 2 N–H and O–H groups in total. The molecule has 23 heavy (non-hydrogen) atoms. The summed E-state index contributed by atoms with van der Waals surface area (Å²) < 4.78 is 5.68. The van der Waals surface area contributed by atoms with Crippen molar-refractivity contribution in [1.82, 2.24) is 5.32 Å². The number of anilines is 1.